The summed E-state index contributed by atoms with van der Waals surface area (Å²) in [4.78, 5) is 10.7. The Morgan fingerprint density at radius 3 is 2.08 bits per heavy atom. The first kappa shape index (κ1) is 8.77. The van der Waals surface area contributed by atoms with Gasteiger partial charge in [0.05, 0.1) is 0 Å². The molecule has 2 atom stereocenters. The quantitative estimate of drug-likeness (QED) is 0.523. The molecule has 0 unspecified atom stereocenters. The van der Waals surface area contributed by atoms with E-state index in [9.17, 15) is 4.79 Å². The number of rotatable bonds is 0. The third-order valence-electron chi connectivity index (χ3n) is 2.02. The van der Waals surface area contributed by atoms with E-state index < -0.39 is 11.9 Å². The fourth-order valence-corrected chi connectivity index (χ4v) is 1.53. The summed E-state index contributed by atoms with van der Waals surface area (Å²) in [6.45, 7) is 4.05. The third kappa shape index (κ3) is 1.76. The van der Waals surface area contributed by atoms with Gasteiger partial charge in [-0.3, -0.25) is 0 Å². The van der Waals surface area contributed by atoms with Crippen molar-refractivity contribution >= 4 is 6.16 Å². The Hall–Kier alpha value is -0.810. The molecule has 2 saturated heterocycles. The number of cyclic esters (lactones) is 2. The van der Waals surface area contributed by atoms with Gasteiger partial charge in [0.25, 0.3) is 0 Å². The van der Waals surface area contributed by atoms with Crippen LogP contribution in [0.4, 0.5) is 4.79 Å². The van der Waals surface area contributed by atoms with E-state index in [1.165, 1.54) is 0 Å². The highest BCUT2D eigenvalue weighted by atomic mass is 16.8. The summed E-state index contributed by atoms with van der Waals surface area (Å²) in [6, 6.07) is 0. The number of fused-ring (bicyclic) bond motifs is 1. The second-order valence-electron chi connectivity index (χ2n) is 3.58. The second kappa shape index (κ2) is 2.85. The van der Waals surface area contributed by atoms with E-state index in [-0.39, 0.29) is 25.4 Å². The van der Waals surface area contributed by atoms with Gasteiger partial charge in [-0.15, -0.1) is 0 Å². The molecule has 0 aromatic rings. The molecule has 0 aromatic carbocycles. The summed E-state index contributed by atoms with van der Waals surface area (Å²) >= 11 is 0. The number of hydrogen-bond donors (Lipinski definition) is 0. The van der Waals surface area contributed by atoms with Gasteiger partial charge in [0.1, 0.15) is 25.4 Å². The van der Waals surface area contributed by atoms with Crippen molar-refractivity contribution in [1.29, 1.82) is 0 Å². The van der Waals surface area contributed by atoms with Crippen molar-refractivity contribution in [3.63, 3.8) is 0 Å². The maximum Gasteiger partial charge on any atom is 0.508 e. The molecule has 0 amide bonds. The van der Waals surface area contributed by atoms with Crippen molar-refractivity contribution in [3.05, 3.63) is 0 Å². The van der Waals surface area contributed by atoms with Crippen molar-refractivity contribution in [2.24, 2.45) is 0 Å². The fraction of sp³-hybridized carbons (Fsp3) is 0.875. The van der Waals surface area contributed by atoms with Crippen LogP contribution < -0.4 is 0 Å². The van der Waals surface area contributed by atoms with Crippen LogP contribution in [0.3, 0.4) is 0 Å². The Bertz CT molecular complexity index is 205. The Kier molecular flexibility index (Phi) is 1.92. The molecule has 2 heterocycles. The van der Waals surface area contributed by atoms with E-state index >= 15 is 0 Å². The summed E-state index contributed by atoms with van der Waals surface area (Å²) in [5, 5.41) is 0. The smallest absolute Gasteiger partial charge is 0.431 e. The van der Waals surface area contributed by atoms with Crippen LogP contribution in [-0.2, 0) is 18.9 Å². The van der Waals surface area contributed by atoms with E-state index in [1.54, 1.807) is 0 Å². The third-order valence-corrected chi connectivity index (χ3v) is 2.02. The standard InChI is InChI=1S/C8H12O5/c1-8(2)12-5-3-10-7(9)11-4-6(5)13-8/h5-6H,3-4H2,1-2H3/t5-,6-/m0/s1. The van der Waals surface area contributed by atoms with E-state index in [2.05, 4.69) is 0 Å². The van der Waals surface area contributed by atoms with Crippen LogP contribution in [0, 0.1) is 0 Å². The lowest BCUT2D eigenvalue weighted by atomic mass is 10.2. The molecule has 0 bridgehead atoms. The van der Waals surface area contributed by atoms with Crippen LogP contribution >= 0.6 is 0 Å². The Labute approximate surface area is 75.9 Å². The zero-order valence-electron chi connectivity index (χ0n) is 7.61. The maximum absolute atomic E-state index is 10.7. The van der Waals surface area contributed by atoms with E-state index in [1.807, 2.05) is 13.8 Å². The molecule has 0 saturated carbocycles. The first-order valence-electron chi connectivity index (χ1n) is 4.22. The van der Waals surface area contributed by atoms with Crippen LogP contribution in [0.1, 0.15) is 13.8 Å². The molecule has 0 aliphatic carbocycles. The molecule has 0 N–H and O–H groups in total. The molecule has 0 radical (unpaired) electrons. The minimum absolute atomic E-state index is 0.201. The Morgan fingerprint density at radius 1 is 1.15 bits per heavy atom. The van der Waals surface area contributed by atoms with Gasteiger partial charge in [0.2, 0.25) is 0 Å². The molecular formula is C8H12O5. The lowest BCUT2D eigenvalue weighted by Crippen LogP contribution is -2.27. The first-order chi connectivity index (χ1) is 6.07. The van der Waals surface area contributed by atoms with Crippen LogP contribution in [0.5, 0.6) is 0 Å². The van der Waals surface area contributed by atoms with E-state index in [0.717, 1.165) is 0 Å². The van der Waals surface area contributed by atoms with Crippen molar-refractivity contribution in [2.45, 2.75) is 31.8 Å². The van der Waals surface area contributed by atoms with E-state index in [4.69, 9.17) is 18.9 Å². The molecule has 5 nitrogen and oxygen atoms in total. The van der Waals surface area contributed by atoms with Crippen LogP contribution in [-0.4, -0.2) is 37.4 Å². The highest BCUT2D eigenvalue weighted by Gasteiger charge is 2.44. The van der Waals surface area contributed by atoms with Crippen molar-refractivity contribution in [3.8, 4) is 0 Å². The number of carbonyl (C=O) groups is 1. The predicted molar refractivity (Wildman–Crippen MR) is 41.1 cm³/mol. The average molecular weight is 188 g/mol. The van der Waals surface area contributed by atoms with Crippen LogP contribution in [0.25, 0.3) is 0 Å². The summed E-state index contributed by atoms with van der Waals surface area (Å²) in [7, 11) is 0. The molecule has 2 fully saturated rings. The molecular weight excluding hydrogens is 176 g/mol. The Morgan fingerprint density at radius 2 is 1.62 bits per heavy atom. The summed E-state index contributed by atoms with van der Waals surface area (Å²) < 4.78 is 20.5. The highest BCUT2D eigenvalue weighted by molar-refractivity contribution is 5.60. The van der Waals surface area contributed by atoms with Crippen molar-refractivity contribution in [2.75, 3.05) is 13.2 Å². The number of ether oxygens (including phenoxy) is 4. The van der Waals surface area contributed by atoms with E-state index in [0.29, 0.717) is 0 Å². The summed E-state index contributed by atoms with van der Waals surface area (Å²) in [5.41, 5.74) is 0. The number of carbonyl (C=O) groups excluding carboxylic acids is 1. The highest BCUT2D eigenvalue weighted by Crippen LogP contribution is 2.29. The van der Waals surface area contributed by atoms with Gasteiger partial charge in [-0.1, -0.05) is 0 Å². The zero-order chi connectivity index (χ0) is 9.47. The SMILES string of the molecule is CC1(C)O[C@H]2COC(=O)OC[C@@H]2O1. The first-order valence-corrected chi connectivity index (χ1v) is 4.22. The number of hydrogen-bond acceptors (Lipinski definition) is 5. The predicted octanol–water partition coefficient (Wildman–Crippen LogP) is 0.673. The van der Waals surface area contributed by atoms with Crippen molar-refractivity contribution in [1.82, 2.24) is 0 Å². The van der Waals surface area contributed by atoms with Gasteiger partial charge in [0, 0.05) is 0 Å². The van der Waals surface area contributed by atoms with Gasteiger partial charge in [-0.2, -0.15) is 0 Å². The van der Waals surface area contributed by atoms with Gasteiger partial charge in [0.15, 0.2) is 5.79 Å². The Balaban J connectivity index is 2.04. The monoisotopic (exact) mass is 188 g/mol. The fourth-order valence-electron chi connectivity index (χ4n) is 1.53. The molecule has 13 heavy (non-hydrogen) atoms. The normalized spacial score (nSPS) is 37.2. The minimum Gasteiger partial charge on any atom is -0.431 e. The summed E-state index contributed by atoms with van der Waals surface area (Å²) in [5.74, 6) is -0.609. The average Bonchev–Trinajstić information content (AvgIpc) is 2.23. The zero-order valence-corrected chi connectivity index (χ0v) is 7.61. The van der Waals surface area contributed by atoms with Gasteiger partial charge in [-0.05, 0) is 13.8 Å². The van der Waals surface area contributed by atoms with Gasteiger partial charge < -0.3 is 18.9 Å². The van der Waals surface area contributed by atoms with Gasteiger partial charge in [-0.25, -0.2) is 4.79 Å². The lowest BCUT2D eigenvalue weighted by molar-refractivity contribution is -0.156. The molecule has 5 heteroatoms. The second-order valence-corrected chi connectivity index (χ2v) is 3.58. The molecule has 2 aliphatic rings. The molecule has 2 rings (SSSR count). The maximum atomic E-state index is 10.7. The van der Waals surface area contributed by atoms with Crippen molar-refractivity contribution < 1.29 is 23.7 Å². The largest absolute Gasteiger partial charge is 0.508 e. The summed E-state index contributed by atoms with van der Waals surface area (Å²) in [6.07, 6.45) is -1.07. The molecule has 2 aliphatic heterocycles. The van der Waals surface area contributed by atoms with Crippen LogP contribution in [0.2, 0.25) is 0 Å². The molecule has 74 valence electrons. The lowest BCUT2D eigenvalue weighted by Gasteiger charge is -2.17. The molecule has 0 aromatic heterocycles. The molecule has 0 spiro atoms. The topological polar surface area (TPSA) is 54.0 Å². The van der Waals surface area contributed by atoms with Crippen LogP contribution in [0.15, 0.2) is 0 Å². The minimum atomic E-state index is -0.653. The van der Waals surface area contributed by atoms with Gasteiger partial charge >= 0.3 is 6.16 Å².